The van der Waals surface area contributed by atoms with Crippen molar-refractivity contribution in [1.82, 2.24) is 0 Å². The minimum Gasteiger partial charge on any atom is -0.457 e. The van der Waals surface area contributed by atoms with Crippen molar-refractivity contribution < 1.29 is 4.74 Å². The molecule has 0 bridgehead atoms. The Morgan fingerprint density at radius 1 is 1.00 bits per heavy atom. The van der Waals surface area contributed by atoms with Crippen molar-refractivity contribution in [3.63, 3.8) is 0 Å². The van der Waals surface area contributed by atoms with Gasteiger partial charge in [0.1, 0.15) is 11.5 Å². The molecule has 0 atom stereocenters. The van der Waals surface area contributed by atoms with Crippen molar-refractivity contribution in [2.24, 2.45) is 0 Å². The van der Waals surface area contributed by atoms with Crippen LogP contribution >= 0.6 is 0 Å². The lowest BCUT2D eigenvalue weighted by Gasteiger charge is -2.08. The van der Waals surface area contributed by atoms with Gasteiger partial charge < -0.3 is 10.5 Å². The molecular formula is C15H11N3O. The third-order valence-corrected chi connectivity index (χ3v) is 2.60. The second-order valence-corrected chi connectivity index (χ2v) is 3.93. The molecule has 0 heterocycles. The normalized spacial score (nSPS) is 9.37. The molecule has 0 aliphatic rings. The van der Waals surface area contributed by atoms with Crippen molar-refractivity contribution in [3.05, 3.63) is 53.6 Å². The summed E-state index contributed by atoms with van der Waals surface area (Å²) in [5.41, 5.74) is 7.66. The summed E-state index contributed by atoms with van der Waals surface area (Å²) in [4.78, 5) is 0. The molecule has 0 aliphatic heterocycles. The number of nitriles is 2. The zero-order chi connectivity index (χ0) is 13.7. The van der Waals surface area contributed by atoms with E-state index in [4.69, 9.17) is 21.0 Å². The van der Waals surface area contributed by atoms with Crippen LogP contribution < -0.4 is 10.5 Å². The molecule has 4 nitrogen and oxygen atoms in total. The van der Waals surface area contributed by atoms with Crippen LogP contribution in [-0.2, 0) is 6.42 Å². The Balaban J connectivity index is 2.21. The first-order valence-electron chi connectivity index (χ1n) is 5.66. The van der Waals surface area contributed by atoms with Gasteiger partial charge in [-0.15, -0.1) is 0 Å². The monoisotopic (exact) mass is 249 g/mol. The highest BCUT2D eigenvalue weighted by Gasteiger charge is 2.03. The van der Waals surface area contributed by atoms with E-state index in [-0.39, 0.29) is 6.42 Å². The molecule has 2 rings (SSSR count). The molecule has 0 unspecified atom stereocenters. The molecule has 2 N–H and O–H groups in total. The summed E-state index contributed by atoms with van der Waals surface area (Å²) in [5.74, 6) is 1.25. The van der Waals surface area contributed by atoms with Gasteiger partial charge in [-0.2, -0.15) is 10.5 Å². The summed E-state index contributed by atoms with van der Waals surface area (Å²) >= 11 is 0. The highest BCUT2D eigenvalue weighted by Crippen LogP contribution is 2.25. The minimum absolute atomic E-state index is 0.246. The van der Waals surface area contributed by atoms with E-state index in [1.807, 2.05) is 6.07 Å². The molecule has 0 aromatic heterocycles. The molecule has 0 fully saturated rings. The van der Waals surface area contributed by atoms with Gasteiger partial charge in [-0.3, -0.25) is 0 Å². The molecule has 0 radical (unpaired) electrons. The van der Waals surface area contributed by atoms with Crippen LogP contribution in [0.15, 0.2) is 42.5 Å². The summed E-state index contributed by atoms with van der Waals surface area (Å²) < 4.78 is 5.65. The molecule has 2 aromatic carbocycles. The van der Waals surface area contributed by atoms with Gasteiger partial charge in [0.15, 0.2) is 0 Å². The fourth-order valence-corrected chi connectivity index (χ4v) is 1.62. The van der Waals surface area contributed by atoms with E-state index in [0.29, 0.717) is 22.7 Å². The van der Waals surface area contributed by atoms with Crippen molar-refractivity contribution in [2.75, 3.05) is 5.73 Å². The van der Waals surface area contributed by atoms with Crippen molar-refractivity contribution in [1.29, 1.82) is 10.5 Å². The quantitative estimate of drug-likeness (QED) is 0.847. The Morgan fingerprint density at radius 2 is 1.68 bits per heavy atom. The number of hydrogen-bond acceptors (Lipinski definition) is 4. The van der Waals surface area contributed by atoms with Gasteiger partial charge in [-0.25, -0.2) is 0 Å². The lowest BCUT2D eigenvalue weighted by atomic mass is 10.1. The molecule has 4 heteroatoms. The fraction of sp³-hybridized carbons (Fsp3) is 0.0667. The van der Waals surface area contributed by atoms with Crippen LogP contribution in [-0.4, -0.2) is 0 Å². The molecule has 19 heavy (non-hydrogen) atoms. The molecule has 0 saturated heterocycles. The van der Waals surface area contributed by atoms with Gasteiger partial charge in [0, 0.05) is 5.69 Å². The van der Waals surface area contributed by atoms with Crippen LogP contribution in [0.2, 0.25) is 0 Å². The number of rotatable bonds is 3. The van der Waals surface area contributed by atoms with Gasteiger partial charge in [0.05, 0.1) is 24.1 Å². The first kappa shape index (κ1) is 12.5. The van der Waals surface area contributed by atoms with Gasteiger partial charge in [0.25, 0.3) is 0 Å². The Bertz CT molecular complexity index is 663. The maximum atomic E-state index is 8.71. The Kier molecular flexibility index (Phi) is 3.66. The zero-order valence-electron chi connectivity index (χ0n) is 10.1. The third kappa shape index (κ3) is 3.02. The smallest absolute Gasteiger partial charge is 0.127 e. The molecule has 0 saturated carbocycles. The second-order valence-electron chi connectivity index (χ2n) is 3.93. The van der Waals surface area contributed by atoms with Crippen LogP contribution in [0.25, 0.3) is 0 Å². The van der Waals surface area contributed by atoms with Gasteiger partial charge >= 0.3 is 0 Å². The summed E-state index contributed by atoms with van der Waals surface area (Å²) in [6.07, 6.45) is 0.246. The molecule has 0 aliphatic carbocycles. The molecular weight excluding hydrogens is 238 g/mol. The van der Waals surface area contributed by atoms with Crippen LogP contribution in [0.3, 0.4) is 0 Å². The number of nitrogens with zero attached hydrogens (tertiary/aromatic N) is 2. The van der Waals surface area contributed by atoms with Crippen LogP contribution in [0, 0.1) is 22.7 Å². The largest absolute Gasteiger partial charge is 0.457 e. The number of benzene rings is 2. The topological polar surface area (TPSA) is 82.8 Å². The summed E-state index contributed by atoms with van der Waals surface area (Å²) in [6, 6.07) is 16.1. The average Bonchev–Trinajstić information content (AvgIpc) is 2.44. The number of anilines is 1. The summed E-state index contributed by atoms with van der Waals surface area (Å²) in [6.45, 7) is 0. The van der Waals surface area contributed by atoms with E-state index in [1.165, 1.54) is 0 Å². The van der Waals surface area contributed by atoms with E-state index in [2.05, 4.69) is 6.07 Å². The summed E-state index contributed by atoms with van der Waals surface area (Å²) in [5, 5.41) is 17.4. The first-order valence-corrected chi connectivity index (χ1v) is 5.66. The first-order chi connectivity index (χ1) is 9.22. The predicted molar refractivity (Wildman–Crippen MR) is 71.4 cm³/mol. The number of ether oxygens (including phenoxy) is 1. The minimum atomic E-state index is 0.246. The SMILES string of the molecule is N#CCc1cc(Oc2ccc(C#N)cc2)ccc1N. The number of nitrogens with two attached hydrogens (primary N) is 1. The Labute approximate surface area is 111 Å². The van der Waals surface area contributed by atoms with Crippen molar-refractivity contribution in [3.8, 4) is 23.6 Å². The highest BCUT2D eigenvalue weighted by molar-refractivity contribution is 5.52. The van der Waals surface area contributed by atoms with Gasteiger partial charge in [-0.05, 0) is 48.0 Å². The second kappa shape index (κ2) is 5.57. The maximum absolute atomic E-state index is 8.71. The van der Waals surface area contributed by atoms with Crippen LogP contribution in [0.1, 0.15) is 11.1 Å². The fourth-order valence-electron chi connectivity index (χ4n) is 1.62. The highest BCUT2D eigenvalue weighted by atomic mass is 16.5. The molecule has 2 aromatic rings. The standard InChI is InChI=1S/C15H11N3O/c16-8-7-12-9-14(5-6-15(12)18)19-13-3-1-11(10-17)2-4-13/h1-6,9H,7,18H2. The lowest BCUT2D eigenvalue weighted by molar-refractivity contribution is 0.482. The molecule has 0 spiro atoms. The van der Waals surface area contributed by atoms with Crippen LogP contribution in [0.5, 0.6) is 11.5 Å². The van der Waals surface area contributed by atoms with E-state index in [0.717, 1.165) is 5.56 Å². The summed E-state index contributed by atoms with van der Waals surface area (Å²) in [7, 11) is 0. The van der Waals surface area contributed by atoms with E-state index in [1.54, 1.807) is 42.5 Å². The molecule has 0 amide bonds. The van der Waals surface area contributed by atoms with E-state index in [9.17, 15) is 0 Å². The maximum Gasteiger partial charge on any atom is 0.127 e. The lowest BCUT2D eigenvalue weighted by Crippen LogP contribution is -1.94. The van der Waals surface area contributed by atoms with E-state index >= 15 is 0 Å². The Morgan fingerprint density at radius 3 is 2.32 bits per heavy atom. The number of nitrogen functional groups attached to an aromatic ring is 1. The number of hydrogen-bond donors (Lipinski definition) is 1. The third-order valence-electron chi connectivity index (χ3n) is 2.60. The van der Waals surface area contributed by atoms with Crippen molar-refractivity contribution >= 4 is 5.69 Å². The Hall–Kier alpha value is -2.98. The van der Waals surface area contributed by atoms with Crippen molar-refractivity contribution in [2.45, 2.75) is 6.42 Å². The predicted octanol–water partition coefficient (Wildman–Crippen LogP) is 3.00. The molecule has 92 valence electrons. The van der Waals surface area contributed by atoms with Gasteiger partial charge in [0.2, 0.25) is 0 Å². The van der Waals surface area contributed by atoms with Gasteiger partial charge in [-0.1, -0.05) is 0 Å². The van der Waals surface area contributed by atoms with Crippen LogP contribution in [0.4, 0.5) is 5.69 Å². The zero-order valence-corrected chi connectivity index (χ0v) is 10.1. The van der Waals surface area contributed by atoms with E-state index < -0.39 is 0 Å². The average molecular weight is 249 g/mol.